The van der Waals surface area contributed by atoms with Gasteiger partial charge in [-0.3, -0.25) is 4.18 Å². The maximum atomic E-state index is 12.8. The molecule has 0 radical (unpaired) electrons. The topological polar surface area (TPSA) is 82.1 Å². The van der Waals surface area contributed by atoms with Crippen LogP contribution in [0.1, 0.15) is 19.3 Å². The Hall–Kier alpha value is -1.48. The lowest BCUT2D eigenvalue weighted by molar-refractivity contribution is -0.170. The Morgan fingerprint density at radius 3 is 2.15 bits per heavy atom. The van der Waals surface area contributed by atoms with Gasteiger partial charge in [-0.2, -0.15) is 8.42 Å². The highest BCUT2D eigenvalue weighted by atomic mass is 32.2. The fourth-order valence-corrected chi connectivity index (χ4v) is 5.17. The summed E-state index contributed by atoms with van der Waals surface area (Å²) in [5, 5.41) is 0. The fraction of sp³-hybridized carbons (Fsp3) is 0.611. The molecule has 26 heavy (non-hydrogen) atoms. The van der Waals surface area contributed by atoms with Gasteiger partial charge in [-0.05, 0) is 51.0 Å². The average molecular weight is 383 g/mol. The van der Waals surface area contributed by atoms with E-state index in [2.05, 4.69) is 4.90 Å². The van der Waals surface area contributed by atoms with Gasteiger partial charge in [-0.15, -0.1) is 0 Å². The minimum Gasteiger partial charge on any atom is -0.467 e. The summed E-state index contributed by atoms with van der Waals surface area (Å²) in [7, 11) is -1.40. The molecule has 0 amide bonds. The molecule has 0 saturated carbocycles. The van der Waals surface area contributed by atoms with Crippen molar-refractivity contribution in [1.82, 2.24) is 4.90 Å². The van der Waals surface area contributed by atoms with Crippen LogP contribution >= 0.6 is 0 Å². The van der Waals surface area contributed by atoms with Gasteiger partial charge in [0, 0.05) is 12.5 Å². The largest absolute Gasteiger partial charge is 0.467 e. The number of methoxy groups -OCH3 is 2. The lowest BCUT2D eigenvalue weighted by atomic mass is 9.67. The van der Waals surface area contributed by atoms with E-state index in [0.717, 1.165) is 38.9 Å². The highest BCUT2D eigenvalue weighted by molar-refractivity contribution is 7.86. The van der Waals surface area contributed by atoms with Gasteiger partial charge in [0.05, 0.1) is 12.0 Å². The molecule has 0 aromatic heterocycles. The molecule has 0 N–H and O–H groups in total. The number of carbonyl (C=O) groups excluding carboxylic acids is 1. The van der Waals surface area contributed by atoms with Crippen LogP contribution in [0.4, 0.5) is 0 Å². The molecule has 3 saturated heterocycles. The Labute approximate surface area is 154 Å². The summed E-state index contributed by atoms with van der Waals surface area (Å²) in [6, 6.07) is 7.97. The van der Waals surface area contributed by atoms with Crippen molar-refractivity contribution >= 4 is 16.1 Å². The van der Waals surface area contributed by atoms with Crippen molar-refractivity contribution in [2.24, 2.45) is 5.41 Å². The standard InChI is InChI=1S/C18H25NO6S/c1-23-15(17(20)24-2)16(18-8-11-19(12-9-18)13-10-18)25-26(21,22)14-6-4-3-5-7-14/h3-7,15-16H,8-13H2,1-2H3. The van der Waals surface area contributed by atoms with E-state index < -0.39 is 33.7 Å². The molecule has 0 aliphatic carbocycles. The fourth-order valence-electron chi connectivity index (χ4n) is 3.99. The van der Waals surface area contributed by atoms with Crippen molar-refractivity contribution in [3.63, 3.8) is 0 Å². The first-order chi connectivity index (χ1) is 12.4. The van der Waals surface area contributed by atoms with E-state index in [4.69, 9.17) is 13.7 Å². The first-order valence-electron chi connectivity index (χ1n) is 8.73. The molecule has 3 aliphatic heterocycles. The number of hydrogen-bond acceptors (Lipinski definition) is 7. The number of fused-ring (bicyclic) bond motifs is 3. The first kappa shape index (κ1) is 19.3. The van der Waals surface area contributed by atoms with E-state index in [-0.39, 0.29) is 4.90 Å². The SMILES string of the molecule is COC(=O)C(OC)C(OS(=O)(=O)c1ccccc1)C12CCN(CC1)CC2. The van der Waals surface area contributed by atoms with Gasteiger partial charge in [0.1, 0.15) is 6.10 Å². The minimum absolute atomic E-state index is 0.0642. The van der Waals surface area contributed by atoms with Gasteiger partial charge in [0.2, 0.25) is 0 Å². The van der Waals surface area contributed by atoms with E-state index in [9.17, 15) is 13.2 Å². The van der Waals surface area contributed by atoms with Crippen LogP contribution in [0.5, 0.6) is 0 Å². The average Bonchev–Trinajstić information content (AvgIpc) is 2.69. The van der Waals surface area contributed by atoms with E-state index in [1.165, 1.54) is 26.4 Å². The summed E-state index contributed by atoms with van der Waals surface area (Å²) in [5.41, 5.74) is -0.425. The number of hydrogen-bond donors (Lipinski definition) is 0. The summed E-state index contributed by atoms with van der Waals surface area (Å²) >= 11 is 0. The number of benzene rings is 1. The Bertz CT molecular complexity index is 714. The molecular formula is C18H25NO6S. The van der Waals surface area contributed by atoms with Gasteiger partial charge < -0.3 is 14.4 Å². The van der Waals surface area contributed by atoms with Crippen LogP contribution < -0.4 is 0 Å². The number of nitrogens with zero attached hydrogens (tertiary/aromatic N) is 1. The van der Waals surface area contributed by atoms with E-state index in [1.807, 2.05) is 0 Å². The zero-order valence-electron chi connectivity index (χ0n) is 15.1. The molecule has 1 aromatic carbocycles. The van der Waals surface area contributed by atoms with Gasteiger partial charge >= 0.3 is 5.97 Å². The lowest BCUT2D eigenvalue weighted by Crippen LogP contribution is -2.59. The number of piperidine rings is 3. The number of ether oxygens (including phenoxy) is 2. The second kappa shape index (κ2) is 7.64. The van der Waals surface area contributed by atoms with Crippen LogP contribution in [0.15, 0.2) is 35.2 Å². The molecule has 3 fully saturated rings. The molecule has 2 atom stereocenters. The van der Waals surface area contributed by atoms with Crippen molar-refractivity contribution in [2.75, 3.05) is 33.9 Å². The Morgan fingerprint density at radius 2 is 1.65 bits per heavy atom. The summed E-state index contributed by atoms with van der Waals surface area (Å²) in [6.45, 7) is 2.59. The molecule has 4 rings (SSSR count). The zero-order valence-corrected chi connectivity index (χ0v) is 15.9. The van der Waals surface area contributed by atoms with Crippen molar-refractivity contribution in [3.8, 4) is 0 Å². The normalized spacial score (nSPS) is 27.7. The third-order valence-corrected chi connectivity index (χ3v) is 6.92. The molecule has 2 unspecified atom stereocenters. The van der Waals surface area contributed by atoms with Gasteiger partial charge in [-0.25, -0.2) is 4.79 Å². The zero-order chi connectivity index (χ0) is 18.8. The number of carbonyl (C=O) groups is 1. The quantitative estimate of drug-likeness (QED) is 0.520. The van der Waals surface area contributed by atoms with E-state index >= 15 is 0 Å². The molecule has 8 heteroatoms. The highest BCUT2D eigenvalue weighted by Gasteiger charge is 2.52. The minimum atomic E-state index is -4.04. The molecule has 3 aliphatic rings. The van der Waals surface area contributed by atoms with E-state index in [0.29, 0.717) is 0 Å². The number of esters is 1. The van der Waals surface area contributed by atoms with Crippen LogP contribution in [-0.2, 0) is 28.6 Å². The third-order valence-electron chi connectivity index (χ3n) is 5.61. The lowest BCUT2D eigenvalue weighted by Gasteiger charge is -2.52. The predicted octanol–water partition coefficient (Wildman–Crippen LogP) is 1.43. The van der Waals surface area contributed by atoms with Crippen molar-refractivity contribution in [1.29, 1.82) is 0 Å². The second-order valence-corrected chi connectivity index (χ2v) is 8.49. The molecular weight excluding hydrogens is 358 g/mol. The second-order valence-electron chi connectivity index (χ2n) is 6.92. The number of rotatable bonds is 7. The first-order valence-corrected chi connectivity index (χ1v) is 10.1. The Morgan fingerprint density at radius 1 is 1.08 bits per heavy atom. The highest BCUT2D eigenvalue weighted by Crippen LogP contribution is 2.46. The molecule has 3 heterocycles. The van der Waals surface area contributed by atoms with Crippen molar-refractivity contribution in [2.45, 2.75) is 36.4 Å². The van der Waals surface area contributed by atoms with Crippen LogP contribution in [0, 0.1) is 5.41 Å². The predicted molar refractivity (Wildman–Crippen MR) is 94.0 cm³/mol. The third kappa shape index (κ3) is 3.64. The van der Waals surface area contributed by atoms with Gasteiger partial charge in [0.15, 0.2) is 6.10 Å². The van der Waals surface area contributed by atoms with Gasteiger partial charge in [0.25, 0.3) is 10.1 Å². The van der Waals surface area contributed by atoms with Crippen molar-refractivity contribution in [3.05, 3.63) is 30.3 Å². The Balaban J connectivity index is 1.96. The Kier molecular flexibility index (Phi) is 5.67. The smallest absolute Gasteiger partial charge is 0.337 e. The molecule has 2 bridgehead atoms. The summed E-state index contributed by atoms with van der Waals surface area (Å²) in [6.07, 6.45) is 0.270. The van der Waals surface area contributed by atoms with Crippen molar-refractivity contribution < 1.29 is 26.9 Å². The van der Waals surface area contributed by atoms with Crippen LogP contribution in [-0.4, -0.2) is 65.3 Å². The summed E-state index contributed by atoms with van der Waals surface area (Å²) < 4.78 is 41.6. The van der Waals surface area contributed by atoms with E-state index in [1.54, 1.807) is 18.2 Å². The summed E-state index contributed by atoms with van der Waals surface area (Å²) in [4.78, 5) is 14.7. The molecule has 7 nitrogen and oxygen atoms in total. The van der Waals surface area contributed by atoms with Gasteiger partial charge in [-0.1, -0.05) is 18.2 Å². The van der Waals surface area contributed by atoms with Crippen LogP contribution in [0.25, 0.3) is 0 Å². The molecule has 0 spiro atoms. The molecule has 144 valence electrons. The van der Waals surface area contributed by atoms with Crippen LogP contribution in [0.2, 0.25) is 0 Å². The molecule has 1 aromatic rings. The summed E-state index contributed by atoms with van der Waals surface area (Å²) in [5.74, 6) is -0.622. The monoisotopic (exact) mass is 383 g/mol. The maximum Gasteiger partial charge on any atom is 0.337 e. The van der Waals surface area contributed by atoms with Crippen LogP contribution in [0.3, 0.4) is 0 Å². The maximum absolute atomic E-state index is 12.8.